The summed E-state index contributed by atoms with van der Waals surface area (Å²) in [7, 11) is 0. The lowest BCUT2D eigenvalue weighted by Crippen LogP contribution is -2.47. The molecule has 35 heavy (non-hydrogen) atoms. The van der Waals surface area contributed by atoms with E-state index in [0.717, 1.165) is 52.1 Å². The minimum absolute atomic E-state index is 0.143. The predicted molar refractivity (Wildman–Crippen MR) is 141 cm³/mol. The monoisotopic (exact) mass is 488 g/mol. The van der Waals surface area contributed by atoms with Crippen molar-refractivity contribution < 1.29 is 0 Å². The van der Waals surface area contributed by atoms with Crippen molar-refractivity contribution in [2.75, 3.05) is 55.2 Å². The third kappa shape index (κ3) is 4.46. The molecule has 6 rings (SSSR count). The minimum atomic E-state index is -0.143. The van der Waals surface area contributed by atoms with Crippen LogP contribution in [0.2, 0.25) is 0 Å². The third-order valence-electron chi connectivity index (χ3n) is 6.65. The number of thiazole rings is 1. The number of hydrogen-bond acceptors (Lipinski definition) is 9. The highest BCUT2D eigenvalue weighted by atomic mass is 32.1. The molecule has 1 aliphatic carbocycles. The molecule has 10 heteroatoms. The first-order chi connectivity index (χ1) is 17.2. The van der Waals surface area contributed by atoms with Gasteiger partial charge in [0.15, 0.2) is 11.3 Å². The van der Waals surface area contributed by atoms with Crippen LogP contribution in [0.25, 0.3) is 21.9 Å². The second-order valence-corrected chi connectivity index (χ2v) is 9.96. The predicted octanol–water partition coefficient (Wildman–Crippen LogP) is 3.07. The summed E-state index contributed by atoms with van der Waals surface area (Å²) < 4.78 is 1.77. The van der Waals surface area contributed by atoms with Crippen molar-refractivity contribution in [3.63, 3.8) is 0 Å². The maximum absolute atomic E-state index is 13.3. The summed E-state index contributed by atoms with van der Waals surface area (Å²) in [5, 5.41) is 5.87. The number of pyridine rings is 1. The Balaban J connectivity index is 1.16. The molecular formula is C25H28N8OS. The van der Waals surface area contributed by atoms with Crippen LogP contribution in [0.15, 0.2) is 52.8 Å². The van der Waals surface area contributed by atoms with Gasteiger partial charge < -0.3 is 16.0 Å². The van der Waals surface area contributed by atoms with E-state index in [0.29, 0.717) is 33.4 Å². The Kier molecular flexibility index (Phi) is 5.83. The summed E-state index contributed by atoms with van der Waals surface area (Å²) >= 11 is 1.40. The van der Waals surface area contributed by atoms with Gasteiger partial charge in [-0.3, -0.25) is 14.3 Å². The molecule has 0 spiro atoms. The zero-order valence-corrected chi connectivity index (χ0v) is 20.2. The van der Waals surface area contributed by atoms with Crippen LogP contribution in [0.5, 0.6) is 0 Å². The Bertz CT molecular complexity index is 1380. The number of hydrogen-bond donors (Lipinski definition) is 2. The fourth-order valence-electron chi connectivity index (χ4n) is 4.65. The molecule has 0 atom stereocenters. The maximum atomic E-state index is 13.3. The second-order valence-electron chi connectivity index (χ2n) is 9.06. The maximum Gasteiger partial charge on any atom is 0.281 e. The molecule has 0 unspecified atom stereocenters. The van der Waals surface area contributed by atoms with Gasteiger partial charge in [0.2, 0.25) is 0 Å². The number of fused-ring (bicyclic) bond motifs is 1. The largest absolute Gasteiger partial charge is 0.397 e. The van der Waals surface area contributed by atoms with E-state index in [9.17, 15) is 4.79 Å². The van der Waals surface area contributed by atoms with Gasteiger partial charge in [-0.1, -0.05) is 18.2 Å². The fraction of sp³-hybridized carbons (Fsp3) is 0.360. The summed E-state index contributed by atoms with van der Waals surface area (Å²) in [4.78, 5) is 31.8. The SMILES string of the molecule is Nc1cc(NCCN2CCN(c3ccccc3)CC2)nc2c1nc(-c1nccs1)c(=O)n2C1CC1. The average molecular weight is 489 g/mol. The number of benzene rings is 1. The van der Waals surface area contributed by atoms with Crippen LogP contribution in [0.3, 0.4) is 0 Å². The van der Waals surface area contributed by atoms with Crippen LogP contribution in [0.4, 0.5) is 17.2 Å². The number of piperazine rings is 1. The lowest BCUT2D eigenvalue weighted by atomic mass is 10.2. The average Bonchev–Trinajstić information content (AvgIpc) is 3.57. The van der Waals surface area contributed by atoms with Crippen molar-refractivity contribution in [3.05, 3.63) is 58.3 Å². The Morgan fingerprint density at radius 1 is 1.09 bits per heavy atom. The number of nitrogens with zero attached hydrogens (tertiary/aromatic N) is 6. The normalized spacial score (nSPS) is 16.6. The van der Waals surface area contributed by atoms with E-state index in [1.54, 1.807) is 10.8 Å². The van der Waals surface area contributed by atoms with Gasteiger partial charge in [0, 0.05) is 68.6 Å². The molecule has 2 fully saturated rings. The Morgan fingerprint density at radius 2 is 1.89 bits per heavy atom. The van der Waals surface area contributed by atoms with Crippen molar-refractivity contribution in [2.24, 2.45) is 0 Å². The topological polar surface area (TPSA) is 105 Å². The molecule has 3 N–H and O–H groups in total. The first kappa shape index (κ1) is 22.0. The van der Waals surface area contributed by atoms with Crippen molar-refractivity contribution >= 4 is 39.7 Å². The van der Waals surface area contributed by atoms with E-state index in [-0.39, 0.29) is 11.6 Å². The van der Waals surface area contributed by atoms with Gasteiger partial charge in [-0.25, -0.2) is 15.0 Å². The van der Waals surface area contributed by atoms with Gasteiger partial charge in [-0.2, -0.15) is 0 Å². The molecule has 0 amide bonds. The number of nitrogens with one attached hydrogen (secondary N) is 1. The van der Waals surface area contributed by atoms with Gasteiger partial charge >= 0.3 is 0 Å². The van der Waals surface area contributed by atoms with E-state index < -0.39 is 0 Å². The van der Waals surface area contributed by atoms with Gasteiger partial charge in [-0.15, -0.1) is 11.3 Å². The van der Waals surface area contributed by atoms with E-state index >= 15 is 0 Å². The minimum Gasteiger partial charge on any atom is -0.397 e. The van der Waals surface area contributed by atoms with E-state index in [1.165, 1.54) is 17.0 Å². The zero-order valence-electron chi connectivity index (χ0n) is 19.4. The van der Waals surface area contributed by atoms with Crippen molar-refractivity contribution in [1.29, 1.82) is 0 Å². The van der Waals surface area contributed by atoms with Crippen LogP contribution in [0.1, 0.15) is 18.9 Å². The highest BCUT2D eigenvalue weighted by Gasteiger charge is 2.30. The number of anilines is 3. The lowest BCUT2D eigenvalue weighted by Gasteiger charge is -2.36. The summed E-state index contributed by atoms with van der Waals surface area (Å²) in [6.07, 6.45) is 3.61. The second kappa shape index (κ2) is 9.27. The van der Waals surface area contributed by atoms with E-state index in [2.05, 4.69) is 55.4 Å². The highest BCUT2D eigenvalue weighted by Crippen LogP contribution is 2.37. The van der Waals surface area contributed by atoms with Gasteiger partial charge in [0.25, 0.3) is 5.56 Å². The van der Waals surface area contributed by atoms with Crippen LogP contribution < -0.4 is 21.5 Å². The van der Waals surface area contributed by atoms with Crippen molar-refractivity contribution in [2.45, 2.75) is 18.9 Å². The first-order valence-electron chi connectivity index (χ1n) is 12.1. The standard InChI is InChI=1S/C25H28N8OS/c26-19-16-20(27-8-10-31-11-13-32(14-12-31)17-4-2-1-3-5-17)29-23-21(19)30-22(24-28-9-15-35-24)25(34)33(23)18-6-7-18/h1-5,9,15-16,18H,6-8,10-14H2,(H3,26,27,29). The van der Waals surface area contributed by atoms with Crippen LogP contribution >= 0.6 is 11.3 Å². The summed E-state index contributed by atoms with van der Waals surface area (Å²) in [6, 6.07) is 12.5. The first-order valence-corrected chi connectivity index (χ1v) is 12.9. The zero-order chi connectivity index (χ0) is 23.8. The van der Waals surface area contributed by atoms with E-state index in [1.807, 2.05) is 11.4 Å². The van der Waals surface area contributed by atoms with Crippen LogP contribution in [-0.4, -0.2) is 63.7 Å². The van der Waals surface area contributed by atoms with Crippen LogP contribution in [0, 0.1) is 0 Å². The molecule has 4 aromatic rings. The van der Waals surface area contributed by atoms with Gasteiger partial charge in [0.1, 0.15) is 16.3 Å². The quantitative estimate of drug-likeness (QED) is 0.409. The van der Waals surface area contributed by atoms with Gasteiger partial charge in [0.05, 0.1) is 5.69 Å². The molecule has 9 nitrogen and oxygen atoms in total. The summed E-state index contributed by atoms with van der Waals surface area (Å²) in [5.41, 5.74) is 9.53. The molecule has 3 aromatic heterocycles. The van der Waals surface area contributed by atoms with Gasteiger partial charge in [-0.05, 0) is 25.0 Å². The number of nitrogens with two attached hydrogens (primary N) is 1. The summed E-state index contributed by atoms with van der Waals surface area (Å²) in [6.45, 7) is 5.75. The molecule has 0 bridgehead atoms. The smallest absolute Gasteiger partial charge is 0.281 e. The molecular weight excluding hydrogens is 460 g/mol. The molecule has 1 aliphatic heterocycles. The molecule has 180 valence electrons. The van der Waals surface area contributed by atoms with Crippen molar-refractivity contribution in [1.82, 2.24) is 24.4 Å². The number of aromatic nitrogens is 4. The molecule has 1 saturated carbocycles. The number of nitrogen functional groups attached to an aromatic ring is 1. The molecule has 2 aliphatic rings. The Hall–Kier alpha value is -3.50. The van der Waals surface area contributed by atoms with Crippen molar-refractivity contribution in [3.8, 4) is 10.7 Å². The molecule has 0 radical (unpaired) electrons. The fourth-order valence-corrected chi connectivity index (χ4v) is 5.27. The van der Waals surface area contributed by atoms with E-state index in [4.69, 9.17) is 10.7 Å². The highest BCUT2D eigenvalue weighted by molar-refractivity contribution is 7.13. The third-order valence-corrected chi connectivity index (χ3v) is 7.43. The number of rotatable bonds is 7. The molecule has 4 heterocycles. The Morgan fingerprint density at radius 3 is 2.60 bits per heavy atom. The lowest BCUT2D eigenvalue weighted by molar-refractivity contribution is 0.267. The van der Waals surface area contributed by atoms with Crippen LogP contribution in [-0.2, 0) is 0 Å². The Labute approximate surface area is 207 Å². The molecule has 1 saturated heterocycles. The number of para-hydroxylation sites is 1. The summed E-state index contributed by atoms with van der Waals surface area (Å²) in [5.74, 6) is 0.676. The molecule has 1 aromatic carbocycles.